The topological polar surface area (TPSA) is 39.4 Å². The maximum Gasteiger partial charge on any atom is 0.154 e. The summed E-state index contributed by atoms with van der Waals surface area (Å²) in [6, 6.07) is 3.63. The Hall–Kier alpha value is -1.77. The Morgan fingerprint density at radius 2 is 2.29 bits per heavy atom. The smallest absolute Gasteiger partial charge is 0.154 e. The Morgan fingerprint density at radius 1 is 1.50 bits per heavy atom. The maximum atomic E-state index is 10.9. The van der Waals surface area contributed by atoms with Crippen molar-refractivity contribution in [3.63, 3.8) is 0 Å². The second-order valence-electron chi connectivity index (χ2n) is 3.09. The molecule has 0 bridgehead atoms. The van der Waals surface area contributed by atoms with Gasteiger partial charge in [0.25, 0.3) is 0 Å². The van der Waals surface area contributed by atoms with Gasteiger partial charge in [-0.3, -0.25) is 4.79 Å². The van der Waals surface area contributed by atoms with Crippen LogP contribution in [0.4, 0.5) is 0 Å². The normalized spacial score (nSPS) is 10.4. The van der Waals surface area contributed by atoms with Crippen LogP contribution in [0.1, 0.15) is 15.9 Å². The molecule has 0 atom stereocenters. The number of ether oxygens (including phenoxy) is 1. The summed E-state index contributed by atoms with van der Waals surface area (Å²) in [5, 5.41) is 0.834. The molecule has 0 aliphatic rings. The lowest BCUT2D eigenvalue weighted by Crippen LogP contribution is -1.94. The van der Waals surface area contributed by atoms with Gasteiger partial charge in [0, 0.05) is 0 Å². The third kappa shape index (κ3) is 1.09. The van der Waals surface area contributed by atoms with E-state index in [0.29, 0.717) is 11.3 Å². The number of rotatable bonds is 2. The van der Waals surface area contributed by atoms with Crippen molar-refractivity contribution >= 4 is 17.3 Å². The molecule has 3 nitrogen and oxygen atoms in total. The van der Waals surface area contributed by atoms with Crippen molar-refractivity contribution in [2.75, 3.05) is 7.11 Å². The molecule has 0 aliphatic heterocycles. The van der Waals surface area contributed by atoms with E-state index in [0.717, 1.165) is 22.8 Å². The maximum absolute atomic E-state index is 10.9. The molecule has 0 spiro atoms. The van der Waals surface area contributed by atoms with Crippen molar-refractivity contribution in [1.82, 2.24) is 0 Å². The summed E-state index contributed by atoms with van der Waals surface area (Å²) in [6.45, 7) is 1.86. The first-order valence-corrected chi connectivity index (χ1v) is 4.28. The van der Waals surface area contributed by atoms with Crippen LogP contribution >= 0.6 is 0 Å². The van der Waals surface area contributed by atoms with Crippen molar-refractivity contribution < 1.29 is 13.9 Å². The van der Waals surface area contributed by atoms with E-state index in [4.69, 9.17) is 9.15 Å². The zero-order valence-corrected chi connectivity index (χ0v) is 8.03. The fraction of sp³-hybridized carbons (Fsp3) is 0.182. The van der Waals surface area contributed by atoms with Crippen LogP contribution in [0.3, 0.4) is 0 Å². The van der Waals surface area contributed by atoms with E-state index in [-0.39, 0.29) is 0 Å². The second-order valence-corrected chi connectivity index (χ2v) is 3.09. The first kappa shape index (κ1) is 8.81. The van der Waals surface area contributed by atoms with Gasteiger partial charge in [0.2, 0.25) is 0 Å². The van der Waals surface area contributed by atoms with Crippen LogP contribution in [0.15, 0.2) is 22.8 Å². The van der Waals surface area contributed by atoms with Gasteiger partial charge < -0.3 is 9.15 Å². The summed E-state index contributed by atoms with van der Waals surface area (Å²) in [5.74, 6) is 0.587. The minimum Gasteiger partial charge on any atom is -0.495 e. The van der Waals surface area contributed by atoms with Gasteiger partial charge in [0.1, 0.15) is 11.3 Å². The third-order valence-corrected chi connectivity index (χ3v) is 2.28. The van der Waals surface area contributed by atoms with E-state index in [1.165, 1.54) is 0 Å². The van der Waals surface area contributed by atoms with Crippen LogP contribution in [-0.2, 0) is 0 Å². The highest BCUT2D eigenvalue weighted by molar-refractivity contribution is 5.95. The van der Waals surface area contributed by atoms with Crippen molar-refractivity contribution in [2.45, 2.75) is 6.92 Å². The number of carbonyl (C=O) groups excluding carboxylic acids is 1. The largest absolute Gasteiger partial charge is 0.495 e. The van der Waals surface area contributed by atoms with E-state index in [1.54, 1.807) is 19.4 Å². The molecule has 0 fully saturated rings. The Labute approximate surface area is 81.3 Å². The molecule has 0 amide bonds. The number of fused-ring (bicyclic) bond motifs is 1. The highest BCUT2D eigenvalue weighted by Gasteiger charge is 2.12. The molecule has 0 unspecified atom stereocenters. The summed E-state index contributed by atoms with van der Waals surface area (Å²) in [4.78, 5) is 10.9. The van der Waals surface area contributed by atoms with Crippen molar-refractivity contribution in [3.8, 4) is 5.75 Å². The number of furan rings is 1. The molecule has 2 rings (SSSR count). The standard InChI is InChI=1S/C11H10O3/c1-7-5-10-8(3-4-14-10)11(13-2)9(7)6-12/h3-6H,1-2H3. The SMILES string of the molecule is COc1c(C=O)c(C)cc2occc12. The highest BCUT2D eigenvalue weighted by atomic mass is 16.5. The fourth-order valence-corrected chi connectivity index (χ4v) is 1.59. The van der Waals surface area contributed by atoms with E-state index >= 15 is 0 Å². The molecule has 14 heavy (non-hydrogen) atoms. The fourth-order valence-electron chi connectivity index (χ4n) is 1.59. The first-order valence-electron chi connectivity index (χ1n) is 4.28. The molecule has 0 N–H and O–H groups in total. The third-order valence-electron chi connectivity index (χ3n) is 2.28. The number of hydrogen-bond acceptors (Lipinski definition) is 3. The van der Waals surface area contributed by atoms with E-state index < -0.39 is 0 Å². The number of benzene rings is 1. The summed E-state index contributed by atoms with van der Waals surface area (Å²) >= 11 is 0. The molecule has 3 heteroatoms. The minimum absolute atomic E-state index is 0.585. The average Bonchev–Trinajstić information content (AvgIpc) is 2.62. The molecule has 1 aromatic carbocycles. The highest BCUT2D eigenvalue weighted by Crippen LogP contribution is 2.31. The Kier molecular flexibility index (Phi) is 2.00. The summed E-state index contributed by atoms with van der Waals surface area (Å²) in [7, 11) is 1.55. The van der Waals surface area contributed by atoms with Gasteiger partial charge in [-0.2, -0.15) is 0 Å². The van der Waals surface area contributed by atoms with E-state index in [2.05, 4.69) is 0 Å². The van der Waals surface area contributed by atoms with Crippen molar-refractivity contribution in [2.24, 2.45) is 0 Å². The average molecular weight is 190 g/mol. The van der Waals surface area contributed by atoms with Gasteiger partial charge in [0.05, 0.1) is 24.3 Å². The van der Waals surface area contributed by atoms with Crippen LogP contribution in [0.5, 0.6) is 5.75 Å². The van der Waals surface area contributed by atoms with Gasteiger partial charge in [-0.15, -0.1) is 0 Å². The Bertz CT molecular complexity index is 482. The zero-order chi connectivity index (χ0) is 10.1. The summed E-state index contributed by atoms with van der Waals surface area (Å²) in [5.41, 5.74) is 2.19. The van der Waals surface area contributed by atoms with E-state index in [9.17, 15) is 4.79 Å². The number of carbonyl (C=O) groups is 1. The van der Waals surface area contributed by atoms with Crippen molar-refractivity contribution in [3.05, 3.63) is 29.5 Å². The Morgan fingerprint density at radius 3 is 2.93 bits per heavy atom. The molecule has 1 heterocycles. The van der Waals surface area contributed by atoms with E-state index in [1.807, 2.05) is 13.0 Å². The minimum atomic E-state index is 0.585. The quantitative estimate of drug-likeness (QED) is 0.683. The predicted octanol–water partition coefficient (Wildman–Crippen LogP) is 2.56. The lowest BCUT2D eigenvalue weighted by atomic mass is 10.1. The van der Waals surface area contributed by atoms with Gasteiger partial charge >= 0.3 is 0 Å². The molecule has 0 aliphatic carbocycles. The zero-order valence-electron chi connectivity index (χ0n) is 8.03. The first-order chi connectivity index (χ1) is 6.77. The molecule has 0 saturated carbocycles. The monoisotopic (exact) mass is 190 g/mol. The lowest BCUT2D eigenvalue weighted by molar-refractivity contribution is 0.112. The lowest BCUT2D eigenvalue weighted by Gasteiger charge is -2.06. The Balaban J connectivity index is 2.88. The van der Waals surface area contributed by atoms with Crippen LogP contribution < -0.4 is 4.74 Å². The van der Waals surface area contributed by atoms with Gasteiger partial charge in [-0.1, -0.05) is 0 Å². The van der Waals surface area contributed by atoms with Crippen molar-refractivity contribution in [1.29, 1.82) is 0 Å². The molecule has 0 radical (unpaired) electrons. The summed E-state index contributed by atoms with van der Waals surface area (Å²) in [6.07, 6.45) is 2.39. The molecular weight excluding hydrogens is 180 g/mol. The molecular formula is C11H10O3. The predicted molar refractivity (Wildman–Crippen MR) is 52.9 cm³/mol. The summed E-state index contributed by atoms with van der Waals surface area (Å²) < 4.78 is 10.4. The second kappa shape index (κ2) is 3.18. The van der Waals surface area contributed by atoms with Crippen LogP contribution in [-0.4, -0.2) is 13.4 Å². The van der Waals surface area contributed by atoms with Crippen LogP contribution in [0.25, 0.3) is 11.0 Å². The molecule has 2 aromatic rings. The molecule has 72 valence electrons. The molecule has 0 saturated heterocycles. The number of hydrogen-bond donors (Lipinski definition) is 0. The van der Waals surface area contributed by atoms with Gasteiger partial charge in [-0.25, -0.2) is 0 Å². The molecule has 1 aromatic heterocycles. The number of aldehydes is 1. The number of methoxy groups -OCH3 is 1. The van der Waals surface area contributed by atoms with Gasteiger partial charge in [0.15, 0.2) is 6.29 Å². The van der Waals surface area contributed by atoms with Crippen LogP contribution in [0, 0.1) is 6.92 Å². The van der Waals surface area contributed by atoms with Crippen LogP contribution in [0.2, 0.25) is 0 Å². The van der Waals surface area contributed by atoms with Gasteiger partial charge in [-0.05, 0) is 24.6 Å². The number of aryl methyl sites for hydroxylation is 1.